The highest BCUT2D eigenvalue weighted by molar-refractivity contribution is 7.92. The zero-order valence-corrected chi connectivity index (χ0v) is 17.2. The van der Waals surface area contributed by atoms with Crippen LogP contribution in [0.15, 0.2) is 34.7 Å². The minimum absolute atomic E-state index is 0.184. The minimum Gasteiger partial charge on any atom is -0.284 e. The summed E-state index contributed by atoms with van der Waals surface area (Å²) in [6, 6.07) is 6.83. The van der Waals surface area contributed by atoms with Gasteiger partial charge in [0.2, 0.25) is 10.0 Å². The van der Waals surface area contributed by atoms with E-state index >= 15 is 0 Å². The number of carbonyl (C=O) groups is 1. The lowest BCUT2D eigenvalue weighted by Crippen LogP contribution is -2.21. The van der Waals surface area contributed by atoms with Gasteiger partial charge in [-0.1, -0.05) is 19.1 Å². The summed E-state index contributed by atoms with van der Waals surface area (Å²) in [4.78, 5) is 13.8. The van der Waals surface area contributed by atoms with Crippen molar-refractivity contribution in [3.05, 3.63) is 51.2 Å². The minimum atomic E-state index is -3.30. The number of rotatable bonds is 5. The largest absolute Gasteiger partial charge is 0.284 e. The Kier molecular flexibility index (Phi) is 5.67. The lowest BCUT2D eigenvalue weighted by molar-refractivity contribution is 0.0954. The fourth-order valence-electron chi connectivity index (χ4n) is 3.12. The normalized spacial score (nSPS) is 17.3. The van der Waals surface area contributed by atoms with Crippen molar-refractivity contribution >= 4 is 38.7 Å². The number of carbonyl (C=O) groups excluding carboxylic acids is 1. The molecular formula is C19H23N3O3S2. The maximum absolute atomic E-state index is 12.5. The molecule has 1 aliphatic carbocycles. The Labute approximate surface area is 163 Å². The molecule has 2 N–H and O–H groups in total. The molecule has 3 rings (SSSR count). The Hall–Kier alpha value is -2.19. The second-order valence-corrected chi connectivity index (χ2v) is 9.70. The molecule has 0 aliphatic heterocycles. The van der Waals surface area contributed by atoms with Crippen LogP contribution >= 0.6 is 11.3 Å². The molecule has 2 aromatic rings. The number of anilines is 1. The first-order valence-electron chi connectivity index (χ1n) is 8.75. The molecule has 1 amide bonds. The zero-order valence-electron chi connectivity index (χ0n) is 15.6. The first kappa shape index (κ1) is 19.6. The number of sulfonamides is 1. The van der Waals surface area contributed by atoms with Gasteiger partial charge in [-0.05, 0) is 55.4 Å². The first-order valence-corrected chi connectivity index (χ1v) is 11.5. The number of nitrogens with one attached hydrogen (secondary N) is 2. The molecule has 0 spiro atoms. The summed E-state index contributed by atoms with van der Waals surface area (Å²) in [5.74, 6) is 0.490. The van der Waals surface area contributed by atoms with Crippen molar-refractivity contribution in [2.45, 2.75) is 33.1 Å². The third-order valence-corrected chi connectivity index (χ3v) is 6.24. The number of thiophene rings is 1. The van der Waals surface area contributed by atoms with E-state index in [1.54, 1.807) is 42.5 Å². The SMILES string of the molecule is CC(=NNC(=O)c1csc2c1CCC(C)C2)c1ccc(NS(C)(=O)=O)cc1. The van der Waals surface area contributed by atoms with Gasteiger partial charge in [-0.3, -0.25) is 9.52 Å². The Morgan fingerprint density at radius 3 is 2.63 bits per heavy atom. The van der Waals surface area contributed by atoms with Gasteiger partial charge in [-0.25, -0.2) is 13.8 Å². The van der Waals surface area contributed by atoms with Crippen LogP contribution in [0.25, 0.3) is 0 Å². The number of fused-ring (bicyclic) bond motifs is 1. The number of hydrazone groups is 1. The van der Waals surface area contributed by atoms with Gasteiger partial charge < -0.3 is 0 Å². The van der Waals surface area contributed by atoms with Crippen LogP contribution in [-0.4, -0.2) is 26.3 Å². The summed E-state index contributed by atoms with van der Waals surface area (Å²) in [6.45, 7) is 4.04. The second kappa shape index (κ2) is 7.82. The predicted octanol–water partition coefficient (Wildman–Crippen LogP) is 3.40. The van der Waals surface area contributed by atoms with E-state index in [1.165, 1.54) is 10.4 Å². The molecule has 27 heavy (non-hydrogen) atoms. The lowest BCUT2D eigenvalue weighted by atomic mass is 9.88. The highest BCUT2D eigenvalue weighted by atomic mass is 32.2. The van der Waals surface area contributed by atoms with Crippen molar-refractivity contribution in [2.75, 3.05) is 11.0 Å². The number of nitrogens with zero attached hydrogens (tertiary/aromatic N) is 1. The van der Waals surface area contributed by atoms with E-state index in [-0.39, 0.29) is 5.91 Å². The molecular weight excluding hydrogens is 382 g/mol. The molecule has 1 atom stereocenters. The van der Waals surface area contributed by atoms with Gasteiger partial charge in [0, 0.05) is 15.9 Å². The van der Waals surface area contributed by atoms with Crippen LogP contribution in [0.4, 0.5) is 5.69 Å². The number of amides is 1. The van der Waals surface area contributed by atoms with E-state index in [1.807, 2.05) is 5.38 Å². The third kappa shape index (κ3) is 4.95. The molecule has 0 saturated heterocycles. The van der Waals surface area contributed by atoms with Gasteiger partial charge in [0.1, 0.15) is 0 Å². The van der Waals surface area contributed by atoms with E-state index in [9.17, 15) is 13.2 Å². The van der Waals surface area contributed by atoms with Crippen LogP contribution in [0.3, 0.4) is 0 Å². The molecule has 6 nitrogen and oxygen atoms in total. The van der Waals surface area contributed by atoms with Gasteiger partial charge >= 0.3 is 0 Å². The summed E-state index contributed by atoms with van der Waals surface area (Å²) in [7, 11) is -3.30. The summed E-state index contributed by atoms with van der Waals surface area (Å²) in [5, 5.41) is 6.13. The highest BCUT2D eigenvalue weighted by Crippen LogP contribution is 2.32. The fourth-order valence-corrected chi connectivity index (χ4v) is 4.93. The van der Waals surface area contributed by atoms with Crippen molar-refractivity contribution in [1.29, 1.82) is 0 Å². The maximum Gasteiger partial charge on any atom is 0.272 e. The Morgan fingerprint density at radius 1 is 1.26 bits per heavy atom. The summed E-state index contributed by atoms with van der Waals surface area (Å²) in [5.41, 5.74) is 6.47. The van der Waals surface area contributed by atoms with Crippen molar-refractivity contribution in [1.82, 2.24) is 5.43 Å². The van der Waals surface area contributed by atoms with E-state index in [4.69, 9.17) is 0 Å². The average molecular weight is 406 g/mol. The highest BCUT2D eigenvalue weighted by Gasteiger charge is 2.23. The molecule has 1 aromatic carbocycles. The van der Waals surface area contributed by atoms with Crippen molar-refractivity contribution in [3.8, 4) is 0 Å². The Morgan fingerprint density at radius 2 is 1.96 bits per heavy atom. The predicted molar refractivity (Wildman–Crippen MR) is 110 cm³/mol. The molecule has 8 heteroatoms. The number of hydrogen-bond acceptors (Lipinski definition) is 5. The molecule has 1 aromatic heterocycles. The van der Waals surface area contributed by atoms with E-state index in [2.05, 4.69) is 22.2 Å². The topological polar surface area (TPSA) is 87.6 Å². The average Bonchev–Trinajstić information content (AvgIpc) is 3.01. The summed E-state index contributed by atoms with van der Waals surface area (Å²) >= 11 is 1.66. The van der Waals surface area contributed by atoms with E-state index in [0.29, 0.717) is 17.3 Å². The molecule has 0 fully saturated rings. The third-order valence-electron chi connectivity index (χ3n) is 4.58. The monoisotopic (exact) mass is 405 g/mol. The van der Waals surface area contributed by atoms with Crippen LogP contribution in [0.2, 0.25) is 0 Å². The summed E-state index contributed by atoms with van der Waals surface area (Å²) in [6.07, 6.45) is 4.21. The molecule has 1 heterocycles. The van der Waals surface area contributed by atoms with Crippen molar-refractivity contribution < 1.29 is 13.2 Å². The van der Waals surface area contributed by atoms with Gasteiger partial charge in [0.05, 0.1) is 17.5 Å². The smallest absolute Gasteiger partial charge is 0.272 e. The Balaban J connectivity index is 1.68. The number of hydrogen-bond donors (Lipinski definition) is 2. The lowest BCUT2D eigenvalue weighted by Gasteiger charge is -2.18. The maximum atomic E-state index is 12.5. The summed E-state index contributed by atoms with van der Waals surface area (Å²) < 4.78 is 24.9. The van der Waals surface area contributed by atoms with Crippen LogP contribution in [0.5, 0.6) is 0 Å². The number of benzene rings is 1. The molecule has 1 aliphatic rings. The zero-order chi connectivity index (χ0) is 19.6. The van der Waals surface area contributed by atoms with Gasteiger partial charge in [-0.2, -0.15) is 5.10 Å². The van der Waals surface area contributed by atoms with Crippen LogP contribution in [-0.2, 0) is 22.9 Å². The first-order chi connectivity index (χ1) is 12.7. The standard InChI is InChI=1S/C19H23N3O3S2/c1-12-4-9-16-17(11-26-18(16)10-12)19(23)21-20-13(2)14-5-7-15(8-6-14)22-27(3,24)25/h5-8,11-12,22H,4,9-10H2,1-3H3,(H,21,23). The second-order valence-electron chi connectivity index (χ2n) is 6.99. The van der Waals surface area contributed by atoms with Crippen molar-refractivity contribution in [2.24, 2.45) is 11.0 Å². The van der Waals surface area contributed by atoms with E-state index < -0.39 is 10.0 Å². The van der Waals surface area contributed by atoms with Crippen LogP contribution in [0, 0.1) is 5.92 Å². The van der Waals surface area contributed by atoms with Gasteiger partial charge in [-0.15, -0.1) is 11.3 Å². The quantitative estimate of drug-likeness (QED) is 0.590. The van der Waals surface area contributed by atoms with Crippen LogP contribution < -0.4 is 10.1 Å². The van der Waals surface area contributed by atoms with Crippen LogP contribution in [0.1, 0.15) is 46.6 Å². The molecule has 0 radical (unpaired) electrons. The molecule has 1 unspecified atom stereocenters. The fraction of sp³-hybridized carbons (Fsp3) is 0.368. The van der Waals surface area contributed by atoms with Gasteiger partial charge in [0.25, 0.3) is 5.91 Å². The molecule has 144 valence electrons. The van der Waals surface area contributed by atoms with Gasteiger partial charge in [0.15, 0.2) is 0 Å². The molecule has 0 bridgehead atoms. The van der Waals surface area contributed by atoms with E-state index in [0.717, 1.165) is 36.6 Å². The van der Waals surface area contributed by atoms with Crippen molar-refractivity contribution in [3.63, 3.8) is 0 Å². The Bertz CT molecular complexity index is 976. The molecule has 0 saturated carbocycles.